The third kappa shape index (κ3) is 3.86. The number of hydrogen-bond donors (Lipinski definition) is 0. The highest BCUT2D eigenvalue weighted by Crippen LogP contribution is 2.54. The molecule has 3 saturated heterocycles. The molecule has 7 rings (SSSR count). The molecule has 3 aromatic heterocycles. The number of aromatic nitrogens is 3. The van der Waals surface area contributed by atoms with Crippen molar-refractivity contribution in [2.75, 3.05) is 19.3 Å². The molecule has 3 aromatic rings. The van der Waals surface area contributed by atoms with E-state index in [0.717, 1.165) is 35.9 Å². The van der Waals surface area contributed by atoms with Crippen LogP contribution in [-0.2, 0) is 9.53 Å². The minimum atomic E-state index is -0.645. The first-order chi connectivity index (χ1) is 18.0. The normalized spacial score (nSPS) is 24.9. The Balaban J connectivity index is 1.58. The molecule has 1 aliphatic carbocycles. The molecule has 2 bridgehead atoms. The third-order valence-corrected chi connectivity index (χ3v) is 9.05. The molecule has 4 atom stereocenters. The maximum absolute atomic E-state index is 15.2. The van der Waals surface area contributed by atoms with E-state index in [2.05, 4.69) is 20.6 Å². The van der Waals surface area contributed by atoms with Crippen LogP contribution in [0.25, 0.3) is 21.8 Å². The Morgan fingerprint density at radius 2 is 2.00 bits per heavy atom. The number of carbonyl (C=O) groups excluding carboxylic acids is 2. The third-order valence-electron chi connectivity index (χ3n) is 8.09. The zero-order chi connectivity index (χ0) is 27.1. The summed E-state index contributed by atoms with van der Waals surface area (Å²) in [4.78, 5) is 38.2. The van der Waals surface area contributed by atoms with Crippen LogP contribution in [0.15, 0.2) is 17.3 Å². The van der Waals surface area contributed by atoms with Gasteiger partial charge >= 0.3 is 6.09 Å². The number of fused-ring (bicyclic) bond motifs is 4. The number of amides is 2. The summed E-state index contributed by atoms with van der Waals surface area (Å²) in [5.74, 6) is -0.391. The highest BCUT2D eigenvalue weighted by molar-refractivity contribution is 7.98. The summed E-state index contributed by atoms with van der Waals surface area (Å²) in [6.07, 6.45) is 5.82. The lowest BCUT2D eigenvalue weighted by Gasteiger charge is -2.40. The Labute approximate surface area is 229 Å². The summed E-state index contributed by atoms with van der Waals surface area (Å²) in [6.45, 7) is 8.50. The molecule has 1 saturated carbocycles. The van der Waals surface area contributed by atoms with E-state index in [1.165, 1.54) is 11.8 Å². The average molecular weight is 560 g/mol. The standard InChI is InChI=1S/C27H31ClFN5O3S/c1-13(35)32-8-6-7-17(32)18-10-15-23(16-11-30-24(28)20(29)21(16)31-25(15)38-5)34(18)22-14-9-19(22)33(12-14)26(36)37-27(2,3)4/h10-11,14,17,19,22H,6-9,12H2,1-5H3/t14-,17-,19-,22+/m1/s1. The van der Waals surface area contributed by atoms with Crippen molar-refractivity contribution in [3.05, 3.63) is 28.9 Å². The number of rotatable bonds is 3. The van der Waals surface area contributed by atoms with Crippen LogP contribution >= 0.6 is 23.4 Å². The Hall–Kier alpha value is -2.59. The van der Waals surface area contributed by atoms with E-state index in [1.807, 2.05) is 36.8 Å². The van der Waals surface area contributed by atoms with Crippen molar-refractivity contribution in [3.63, 3.8) is 0 Å². The van der Waals surface area contributed by atoms with Gasteiger partial charge in [-0.25, -0.2) is 19.2 Å². The van der Waals surface area contributed by atoms with Gasteiger partial charge in [0.25, 0.3) is 0 Å². The van der Waals surface area contributed by atoms with E-state index in [0.29, 0.717) is 23.5 Å². The minimum absolute atomic E-state index is 0.0246. The maximum atomic E-state index is 15.2. The van der Waals surface area contributed by atoms with Gasteiger partial charge in [-0.05, 0) is 52.4 Å². The van der Waals surface area contributed by atoms with Crippen LogP contribution in [0.2, 0.25) is 5.15 Å². The minimum Gasteiger partial charge on any atom is -0.444 e. The quantitative estimate of drug-likeness (QED) is 0.291. The lowest BCUT2D eigenvalue weighted by atomic mass is 9.79. The number of halogens is 2. The van der Waals surface area contributed by atoms with Crippen LogP contribution in [0.3, 0.4) is 0 Å². The highest BCUT2D eigenvalue weighted by Gasteiger charge is 2.56. The van der Waals surface area contributed by atoms with E-state index in [1.54, 1.807) is 13.1 Å². The van der Waals surface area contributed by atoms with Crippen LogP contribution in [0.1, 0.15) is 64.7 Å². The van der Waals surface area contributed by atoms with Gasteiger partial charge in [-0.3, -0.25) is 4.79 Å². The number of hydrogen-bond acceptors (Lipinski definition) is 6. The Bertz CT molecular complexity index is 1490. The molecule has 202 valence electrons. The molecular weight excluding hydrogens is 529 g/mol. The predicted molar refractivity (Wildman–Crippen MR) is 145 cm³/mol. The summed E-state index contributed by atoms with van der Waals surface area (Å²) < 4.78 is 23.2. The number of ether oxygens (including phenoxy) is 1. The van der Waals surface area contributed by atoms with Gasteiger partial charge in [0.1, 0.15) is 16.1 Å². The number of nitrogens with zero attached hydrogens (tertiary/aromatic N) is 5. The highest BCUT2D eigenvalue weighted by atomic mass is 35.5. The molecule has 0 radical (unpaired) electrons. The second-order valence-electron chi connectivity index (χ2n) is 11.5. The molecule has 6 heterocycles. The van der Waals surface area contributed by atoms with Gasteiger partial charge in [0.15, 0.2) is 11.0 Å². The SMILES string of the molecule is CSc1nc2c(F)c(Cl)ncc2c2c1cc([C@H]1CCCN1C(C)=O)n2[C@H]1[C@@H]2C[C@H]1N(C(=O)OC(C)(C)C)C2. The second-order valence-corrected chi connectivity index (χ2v) is 12.7. The summed E-state index contributed by atoms with van der Waals surface area (Å²) >= 11 is 7.51. The fourth-order valence-corrected chi connectivity index (χ4v) is 7.27. The van der Waals surface area contributed by atoms with Gasteiger partial charge in [0.2, 0.25) is 5.91 Å². The van der Waals surface area contributed by atoms with Crippen molar-refractivity contribution in [2.45, 2.75) is 75.7 Å². The summed E-state index contributed by atoms with van der Waals surface area (Å²) in [6, 6.07) is 1.93. The van der Waals surface area contributed by atoms with Crippen molar-refractivity contribution < 1.29 is 18.7 Å². The number of pyridine rings is 2. The van der Waals surface area contributed by atoms with Gasteiger partial charge in [0, 0.05) is 48.6 Å². The molecule has 8 nitrogen and oxygen atoms in total. The molecule has 0 spiro atoms. The lowest BCUT2D eigenvalue weighted by Crippen LogP contribution is -2.45. The van der Waals surface area contributed by atoms with Crippen LogP contribution in [0.4, 0.5) is 9.18 Å². The average Bonchev–Trinajstić information content (AvgIpc) is 3.61. The molecule has 4 aliphatic rings. The molecule has 0 unspecified atom stereocenters. The first kappa shape index (κ1) is 25.7. The van der Waals surface area contributed by atoms with E-state index >= 15 is 4.39 Å². The van der Waals surface area contributed by atoms with Crippen molar-refractivity contribution in [2.24, 2.45) is 5.92 Å². The van der Waals surface area contributed by atoms with Gasteiger partial charge in [-0.2, -0.15) is 0 Å². The van der Waals surface area contributed by atoms with Crippen molar-refractivity contribution in [1.29, 1.82) is 0 Å². The molecular formula is C27H31ClFN5O3S. The van der Waals surface area contributed by atoms with E-state index in [4.69, 9.17) is 16.3 Å². The van der Waals surface area contributed by atoms with Crippen LogP contribution < -0.4 is 0 Å². The van der Waals surface area contributed by atoms with Gasteiger partial charge in [-0.15, -0.1) is 11.8 Å². The maximum Gasteiger partial charge on any atom is 0.410 e. The monoisotopic (exact) mass is 559 g/mol. The van der Waals surface area contributed by atoms with Crippen LogP contribution in [0, 0.1) is 11.7 Å². The summed E-state index contributed by atoms with van der Waals surface area (Å²) in [7, 11) is 0. The van der Waals surface area contributed by atoms with Crippen molar-refractivity contribution in [3.8, 4) is 0 Å². The van der Waals surface area contributed by atoms with E-state index in [-0.39, 0.29) is 46.7 Å². The largest absolute Gasteiger partial charge is 0.444 e. The first-order valence-corrected chi connectivity index (χ1v) is 14.6. The van der Waals surface area contributed by atoms with E-state index in [9.17, 15) is 9.59 Å². The Morgan fingerprint density at radius 1 is 1.24 bits per heavy atom. The number of likely N-dealkylation sites (tertiary alicyclic amines) is 1. The number of thioether (sulfide) groups is 1. The fraction of sp³-hybridized carbons (Fsp3) is 0.556. The summed E-state index contributed by atoms with van der Waals surface area (Å²) in [5, 5.41) is 1.95. The first-order valence-electron chi connectivity index (χ1n) is 13.0. The molecule has 4 fully saturated rings. The van der Waals surface area contributed by atoms with Gasteiger partial charge < -0.3 is 19.1 Å². The zero-order valence-electron chi connectivity index (χ0n) is 22.1. The van der Waals surface area contributed by atoms with Crippen molar-refractivity contribution >= 4 is 57.2 Å². The van der Waals surface area contributed by atoms with Crippen LogP contribution in [0.5, 0.6) is 0 Å². The number of carbonyl (C=O) groups is 2. The molecule has 2 amide bonds. The van der Waals surface area contributed by atoms with Gasteiger partial charge in [-0.1, -0.05) is 11.6 Å². The zero-order valence-corrected chi connectivity index (χ0v) is 23.7. The molecule has 11 heteroatoms. The molecule has 38 heavy (non-hydrogen) atoms. The Morgan fingerprint density at radius 3 is 2.68 bits per heavy atom. The second kappa shape index (κ2) is 8.98. The molecule has 0 N–H and O–H groups in total. The summed E-state index contributed by atoms with van der Waals surface area (Å²) in [5.41, 5.74) is 1.42. The lowest BCUT2D eigenvalue weighted by molar-refractivity contribution is -0.129. The predicted octanol–water partition coefficient (Wildman–Crippen LogP) is 5.96. The molecule has 3 aliphatic heterocycles. The van der Waals surface area contributed by atoms with Gasteiger partial charge in [0.05, 0.1) is 23.6 Å². The van der Waals surface area contributed by atoms with E-state index < -0.39 is 11.4 Å². The van der Waals surface area contributed by atoms with Crippen LogP contribution in [-0.4, -0.2) is 67.3 Å². The molecule has 0 aromatic carbocycles. The smallest absolute Gasteiger partial charge is 0.410 e. The Kier molecular flexibility index (Phi) is 6.07. The topological polar surface area (TPSA) is 80.6 Å². The van der Waals surface area contributed by atoms with Crippen molar-refractivity contribution in [1.82, 2.24) is 24.3 Å². The fourth-order valence-electron chi connectivity index (χ4n) is 6.57.